The molecule has 0 saturated carbocycles. The molecule has 0 bridgehead atoms. The Kier molecular flexibility index (Phi) is 11.0. The topological polar surface area (TPSA) is 206 Å². The average molecular weight is 733 g/mol. The first-order chi connectivity index (χ1) is 24.6. The van der Waals surface area contributed by atoms with E-state index in [1.165, 1.54) is 11.8 Å². The van der Waals surface area contributed by atoms with Crippen LogP contribution in [0.2, 0.25) is 0 Å². The van der Waals surface area contributed by atoms with Crippen molar-refractivity contribution in [3.05, 3.63) is 88.4 Å². The number of ether oxygens (including phenoxy) is 1. The van der Waals surface area contributed by atoms with Gasteiger partial charge in [-0.3, -0.25) is 24.4 Å². The molecule has 0 radical (unpaired) electrons. The van der Waals surface area contributed by atoms with E-state index in [0.717, 1.165) is 66.3 Å². The number of thiophene rings is 1. The number of pyridine rings is 1. The van der Waals surface area contributed by atoms with Crippen LogP contribution in [0, 0.1) is 0 Å². The highest BCUT2D eigenvalue weighted by atomic mass is 32.2. The van der Waals surface area contributed by atoms with E-state index in [4.69, 9.17) is 16.2 Å². The molecule has 2 aromatic heterocycles. The minimum absolute atomic E-state index is 0.0251. The van der Waals surface area contributed by atoms with Crippen molar-refractivity contribution in [3.8, 4) is 16.9 Å². The third-order valence-corrected chi connectivity index (χ3v) is 11.1. The number of benzene rings is 2. The maximum absolute atomic E-state index is 14.0. The number of aliphatic carboxylic acids is 1. The zero-order valence-corrected chi connectivity index (χ0v) is 29.5. The maximum Gasteiger partial charge on any atom is 0.326 e. The van der Waals surface area contributed by atoms with Crippen LogP contribution >= 0.6 is 11.3 Å². The molecule has 1 fully saturated rings. The largest absolute Gasteiger partial charge is 0.492 e. The number of amides is 1. The lowest BCUT2D eigenvalue weighted by molar-refractivity contribution is -0.139. The molecular weight excluding hydrogens is 693 g/mol. The fourth-order valence-electron chi connectivity index (χ4n) is 6.22. The molecule has 2 aromatic carbocycles. The van der Waals surface area contributed by atoms with Crippen LogP contribution in [0.5, 0.6) is 5.75 Å². The third-order valence-electron chi connectivity index (χ3n) is 8.77. The summed E-state index contributed by atoms with van der Waals surface area (Å²) in [4.78, 5) is 37.7. The van der Waals surface area contributed by atoms with Gasteiger partial charge in [0.25, 0.3) is 15.9 Å². The van der Waals surface area contributed by atoms with Gasteiger partial charge in [0.2, 0.25) is 0 Å². The van der Waals surface area contributed by atoms with Gasteiger partial charge in [0.05, 0.1) is 12.3 Å². The second-order valence-corrected chi connectivity index (χ2v) is 14.9. The van der Waals surface area contributed by atoms with Crippen LogP contribution in [0.3, 0.4) is 0 Å². The molecule has 14 nitrogen and oxygen atoms in total. The summed E-state index contributed by atoms with van der Waals surface area (Å²) < 4.78 is 36.3. The molecule has 0 spiro atoms. The molecule has 268 valence electrons. The molecule has 0 aliphatic carbocycles. The molecular formula is C35H40N8O6S2. The highest BCUT2D eigenvalue weighted by molar-refractivity contribution is 7.92. The molecule has 1 atom stereocenters. The van der Waals surface area contributed by atoms with Crippen molar-refractivity contribution >= 4 is 50.6 Å². The van der Waals surface area contributed by atoms with E-state index in [1.54, 1.807) is 11.4 Å². The number of guanidine groups is 1. The lowest BCUT2D eigenvalue weighted by Crippen LogP contribution is -2.45. The number of nitrogens with zero attached hydrogens (tertiary/aromatic N) is 4. The van der Waals surface area contributed by atoms with Crippen molar-refractivity contribution in [1.82, 2.24) is 15.2 Å². The minimum atomic E-state index is -4.25. The van der Waals surface area contributed by atoms with Crippen molar-refractivity contribution < 1.29 is 27.9 Å². The fourth-order valence-corrected chi connectivity index (χ4v) is 8.32. The van der Waals surface area contributed by atoms with Crippen LogP contribution in [0.15, 0.2) is 82.3 Å². The molecule has 4 aromatic rings. The quantitative estimate of drug-likeness (QED) is 0.0724. The van der Waals surface area contributed by atoms with Gasteiger partial charge in [-0.1, -0.05) is 18.2 Å². The Balaban J connectivity index is 1.17. The lowest BCUT2D eigenvalue weighted by atomic mass is 10.00. The zero-order valence-electron chi connectivity index (χ0n) is 27.8. The predicted octanol–water partition coefficient (Wildman–Crippen LogP) is 3.10. The van der Waals surface area contributed by atoms with Crippen molar-refractivity contribution in [2.75, 3.05) is 49.0 Å². The van der Waals surface area contributed by atoms with Gasteiger partial charge in [0, 0.05) is 63.8 Å². The van der Waals surface area contributed by atoms with Gasteiger partial charge >= 0.3 is 5.97 Å². The van der Waals surface area contributed by atoms with Crippen LogP contribution in [0.25, 0.3) is 11.1 Å². The van der Waals surface area contributed by atoms with Gasteiger partial charge in [0.15, 0.2) is 5.96 Å². The highest BCUT2D eigenvalue weighted by Crippen LogP contribution is 2.39. The Morgan fingerprint density at radius 3 is 2.57 bits per heavy atom. The first-order valence-corrected chi connectivity index (χ1v) is 18.9. The van der Waals surface area contributed by atoms with Crippen molar-refractivity contribution in [2.24, 2.45) is 16.5 Å². The number of piperazine rings is 1. The molecule has 6 rings (SSSR count). The van der Waals surface area contributed by atoms with Crippen molar-refractivity contribution in [2.45, 2.75) is 36.7 Å². The number of fused-ring (bicyclic) bond motifs is 1. The number of aliphatic imine (C=N–C) groups is 1. The summed E-state index contributed by atoms with van der Waals surface area (Å²) in [5, 5.41) is 13.7. The van der Waals surface area contributed by atoms with Crippen LogP contribution in [-0.4, -0.2) is 86.6 Å². The summed E-state index contributed by atoms with van der Waals surface area (Å²) in [7, 11) is -4.25. The van der Waals surface area contributed by atoms with E-state index in [-0.39, 0.29) is 40.1 Å². The minimum Gasteiger partial charge on any atom is -0.492 e. The number of anilines is 2. The summed E-state index contributed by atoms with van der Waals surface area (Å²) in [5.74, 6) is -1.78. The van der Waals surface area contributed by atoms with Crippen LogP contribution < -0.4 is 31.1 Å². The highest BCUT2D eigenvalue weighted by Gasteiger charge is 2.30. The summed E-state index contributed by atoms with van der Waals surface area (Å²) in [5.41, 5.74) is 15.4. The fraction of sp³-hybridized carbons (Fsp3) is 0.314. The van der Waals surface area contributed by atoms with Crippen LogP contribution in [0.4, 0.5) is 11.4 Å². The van der Waals surface area contributed by atoms with Crippen LogP contribution in [-0.2, 0) is 27.8 Å². The molecule has 16 heteroatoms. The van der Waals surface area contributed by atoms with Gasteiger partial charge in [-0.2, -0.15) is 0 Å². The van der Waals surface area contributed by atoms with Crippen molar-refractivity contribution in [1.29, 1.82) is 0 Å². The molecule has 1 amide bonds. The number of nitrogens with two attached hydrogens (primary N) is 2. The Hall–Kier alpha value is -5.19. The molecule has 4 heterocycles. The number of carbonyl (C=O) groups is 2. The summed E-state index contributed by atoms with van der Waals surface area (Å²) in [6.07, 6.45) is 4.56. The van der Waals surface area contributed by atoms with E-state index in [2.05, 4.69) is 41.9 Å². The second kappa shape index (κ2) is 15.8. The van der Waals surface area contributed by atoms with E-state index in [1.807, 2.05) is 42.7 Å². The van der Waals surface area contributed by atoms with Gasteiger partial charge in [-0.05, 0) is 76.9 Å². The van der Waals surface area contributed by atoms with Gasteiger partial charge in [0.1, 0.15) is 21.6 Å². The zero-order chi connectivity index (χ0) is 36.0. The van der Waals surface area contributed by atoms with E-state index in [9.17, 15) is 23.1 Å². The number of sulfonamides is 1. The van der Waals surface area contributed by atoms with E-state index < -0.39 is 27.9 Å². The Bertz CT molecular complexity index is 2010. The number of hydrogen-bond acceptors (Lipinski definition) is 10. The number of nitrogens with one attached hydrogen (secondary N) is 2. The molecule has 51 heavy (non-hydrogen) atoms. The molecule has 0 unspecified atom stereocenters. The Morgan fingerprint density at radius 2 is 1.82 bits per heavy atom. The van der Waals surface area contributed by atoms with Gasteiger partial charge in [-0.25, -0.2) is 13.2 Å². The number of carboxylic acids is 1. The lowest BCUT2D eigenvalue weighted by Gasteiger charge is -2.36. The SMILES string of the molecule is NC(N)=NCCC[C@H](NC(=O)c1sccc1NS(=O)(=O)c1cc(-c2cccc(CN3CCN(c4ccncc4)CC3)c2)cc2c1OCC2)C(=O)O. The molecule has 2 aliphatic rings. The Morgan fingerprint density at radius 1 is 1.04 bits per heavy atom. The number of carboxylic acid groups (broad SMARTS) is 1. The van der Waals surface area contributed by atoms with Crippen LogP contribution in [0.1, 0.15) is 33.6 Å². The predicted molar refractivity (Wildman–Crippen MR) is 197 cm³/mol. The average Bonchev–Trinajstić information content (AvgIpc) is 3.79. The maximum atomic E-state index is 14.0. The molecule has 7 N–H and O–H groups in total. The first kappa shape index (κ1) is 35.6. The summed E-state index contributed by atoms with van der Waals surface area (Å²) >= 11 is 0.992. The summed E-state index contributed by atoms with van der Waals surface area (Å²) in [6.45, 7) is 4.96. The molecule has 2 aliphatic heterocycles. The normalized spacial score (nSPS) is 15.0. The Labute approximate surface area is 300 Å². The van der Waals surface area contributed by atoms with Gasteiger partial charge < -0.3 is 31.5 Å². The number of hydrogen-bond donors (Lipinski definition) is 5. The number of rotatable bonds is 14. The first-order valence-electron chi connectivity index (χ1n) is 16.5. The smallest absolute Gasteiger partial charge is 0.326 e. The van der Waals surface area contributed by atoms with E-state index in [0.29, 0.717) is 19.4 Å². The number of aromatic nitrogens is 1. The summed E-state index contributed by atoms with van der Waals surface area (Å²) in [6, 6.07) is 16.0. The van der Waals surface area contributed by atoms with Gasteiger partial charge in [-0.15, -0.1) is 11.3 Å². The molecule has 1 saturated heterocycles. The standard InChI is InChI=1S/C35H40N8O6S2/c36-35(37)39-10-2-5-29(34(45)46)40-33(44)32-28(9-18-50-32)41-51(47,48)30-21-26(20-25-8-17-49-31(25)30)24-4-1-3-23(19-24)22-42-13-15-43(16-14-42)27-6-11-38-12-7-27/h1,3-4,6-7,9,11-12,18-21,29,41H,2,5,8,10,13-17,22H2,(H,40,44)(H,45,46)(H4,36,37,39)/t29-/m0/s1. The van der Waals surface area contributed by atoms with Crippen molar-refractivity contribution in [3.63, 3.8) is 0 Å². The monoisotopic (exact) mass is 732 g/mol. The van der Waals surface area contributed by atoms with E-state index >= 15 is 0 Å². The number of carbonyl (C=O) groups excluding carboxylic acids is 1. The third kappa shape index (κ3) is 8.76. The second-order valence-electron chi connectivity index (χ2n) is 12.3.